The van der Waals surface area contributed by atoms with E-state index in [2.05, 4.69) is 0 Å². The molecule has 1 amide bonds. The molecule has 1 aromatic rings. The van der Waals surface area contributed by atoms with E-state index in [9.17, 15) is 19.7 Å². The molecule has 0 saturated carbocycles. The Morgan fingerprint density at radius 1 is 1.36 bits per heavy atom. The number of carbonyl (C=O) groups excluding carboxylic acids is 1. The van der Waals surface area contributed by atoms with E-state index >= 15 is 0 Å². The van der Waals surface area contributed by atoms with E-state index in [1.807, 2.05) is 13.8 Å². The molecule has 0 atom stereocenters. The first-order valence-electron chi connectivity index (χ1n) is 6.67. The number of carboxylic acid groups (broad SMARTS) is 1. The van der Waals surface area contributed by atoms with E-state index < -0.39 is 30.0 Å². The lowest BCUT2D eigenvalue weighted by Crippen LogP contribution is -2.40. The number of hydrogen-bond donors (Lipinski definition) is 1. The second-order valence-corrected chi connectivity index (χ2v) is 5.08. The third-order valence-corrected chi connectivity index (χ3v) is 2.68. The van der Waals surface area contributed by atoms with Crippen molar-refractivity contribution in [2.24, 2.45) is 5.92 Å². The summed E-state index contributed by atoms with van der Waals surface area (Å²) in [6, 6.07) is 5.69. The van der Waals surface area contributed by atoms with Gasteiger partial charge in [-0.1, -0.05) is 26.0 Å². The van der Waals surface area contributed by atoms with Crippen molar-refractivity contribution in [1.29, 1.82) is 0 Å². The molecule has 1 rings (SSSR count). The molecule has 0 aliphatic rings. The van der Waals surface area contributed by atoms with Gasteiger partial charge in [-0.25, -0.2) is 0 Å². The van der Waals surface area contributed by atoms with Crippen LogP contribution in [0.2, 0.25) is 0 Å². The molecule has 0 heterocycles. The summed E-state index contributed by atoms with van der Waals surface area (Å²) in [4.78, 5) is 34.2. The molecule has 0 saturated heterocycles. The number of carboxylic acids is 1. The zero-order valence-electron chi connectivity index (χ0n) is 12.4. The van der Waals surface area contributed by atoms with Crippen molar-refractivity contribution in [3.05, 3.63) is 34.4 Å². The van der Waals surface area contributed by atoms with E-state index in [-0.39, 0.29) is 23.9 Å². The van der Waals surface area contributed by atoms with Gasteiger partial charge in [0.15, 0.2) is 12.4 Å². The van der Waals surface area contributed by atoms with Gasteiger partial charge in [0.1, 0.15) is 6.54 Å². The summed E-state index contributed by atoms with van der Waals surface area (Å²) in [7, 11) is 0. The molecule has 0 aliphatic carbocycles. The first-order valence-corrected chi connectivity index (χ1v) is 6.67. The molecule has 0 unspecified atom stereocenters. The summed E-state index contributed by atoms with van der Waals surface area (Å²) >= 11 is 0. The minimum absolute atomic E-state index is 0.0272. The summed E-state index contributed by atoms with van der Waals surface area (Å²) in [5, 5.41) is 19.7. The fourth-order valence-corrected chi connectivity index (χ4v) is 1.82. The Labute approximate surface area is 127 Å². The summed E-state index contributed by atoms with van der Waals surface area (Å²) < 4.78 is 5.18. The van der Waals surface area contributed by atoms with E-state index in [0.717, 1.165) is 4.90 Å². The molecular formula is C14H18N2O6. The summed E-state index contributed by atoms with van der Waals surface area (Å²) in [6.45, 7) is 3.09. The molecule has 0 fully saturated rings. The van der Waals surface area contributed by atoms with Gasteiger partial charge in [-0.2, -0.15) is 0 Å². The Hall–Kier alpha value is -2.64. The lowest BCUT2D eigenvalue weighted by Gasteiger charge is -2.22. The van der Waals surface area contributed by atoms with Crippen molar-refractivity contribution in [1.82, 2.24) is 4.90 Å². The van der Waals surface area contributed by atoms with Crippen LogP contribution in [-0.2, 0) is 9.59 Å². The van der Waals surface area contributed by atoms with E-state index in [0.29, 0.717) is 0 Å². The predicted octanol–water partition coefficient (Wildman–Crippen LogP) is 1.54. The van der Waals surface area contributed by atoms with Crippen LogP contribution < -0.4 is 4.74 Å². The second-order valence-electron chi connectivity index (χ2n) is 5.08. The summed E-state index contributed by atoms with van der Waals surface area (Å²) in [5.41, 5.74) is -0.246. The van der Waals surface area contributed by atoms with Gasteiger partial charge < -0.3 is 14.7 Å². The number of carbonyl (C=O) groups is 2. The maximum Gasteiger partial charge on any atom is 0.323 e. The maximum atomic E-state index is 12.0. The van der Waals surface area contributed by atoms with Gasteiger partial charge in [-0.3, -0.25) is 19.7 Å². The highest BCUT2D eigenvalue weighted by atomic mass is 16.6. The highest BCUT2D eigenvalue weighted by molar-refractivity contribution is 5.82. The van der Waals surface area contributed by atoms with Crippen LogP contribution in [0.4, 0.5) is 5.69 Å². The number of amides is 1. The van der Waals surface area contributed by atoms with E-state index in [4.69, 9.17) is 9.84 Å². The smallest absolute Gasteiger partial charge is 0.323 e. The summed E-state index contributed by atoms with van der Waals surface area (Å²) in [5.74, 6) is -1.59. The fraction of sp³-hybridized carbons (Fsp3) is 0.429. The number of aliphatic carboxylic acids is 1. The monoisotopic (exact) mass is 310 g/mol. The molecule has 120 valence electrons. The van der Waals surface area contributed by atoms with Crippen LogP contribution in [0.15, 0.2) is 24.3 Å². The van der Waals surface area contributed by atoms with Gasteiger partial charge in [-0.15, -0.1) is 0 Å². The van der Waals surface area contributed by atoms with Gasteiger partial charge >= 0.3 is 11.7 Å². The van der Waals surface area contributed by atoms with Crippen LogP contribution in [0.5, 0.6) is 5.75 Å². The Morgan fingerprint density at radius 2 is 2.00 bits per heavy atom. The minimum atomic E-state index is -1.13. The van der Waals surface area contributed by atoms with Crippen molar-refractivity contribution >= 4 is 17.6 Å². The van der Waals surface area contributed by atoms with Crippen LogP contribution in [-0.4, -0.2) is 46.5 Å². The molecule has 1 aromatic carbocycles. The topological polar surface area (TPSA) is 110 Å². The van der Waals surface area contributed by atoms with Crippen LogP contribution in [0.25, 0.3) is 0 Å². The van der Waals surface area contributed by atoms with Gasteiger partial charge in [0, 0.05) is 12.6 Å². The number of hydrogen-bond acceptors (Lipinski definition) is 5. The molecule has 0 radical (unpaired) electrons. The normalized spacial score (nSPS) is 10.3. The largest absolute Gasteiger partial charge is 0.480 e. The molecular weight excluding hydrogens is 292 g/mol. The Kier molecular flexibility index (Phi) is 6.30. The molecule has 22 heavy (non-hydrogen) atoms. The number of benzene rings is 1. The maximum absolute atomic E-state index is 12.0. The van der Waals surface area contributed by atoms with Gasteiger partial charge in [0.2, 0.25) is 0 Å². The minimum Gasteiger partial charge on any atom is -0.480 e. The average Bonchev–Trinajstić information content (AvgIpc) is 2.43. The number of nitro benzene ring substituents is 1. The molecule has 0 bridgehead atoms. The number of nitrogens with zero attached hydrogens (tertiary/aromatic N) is 2. The van der Waals surface area contributed by atoms with Crippen molar-refractivity contribution < 1.29 is 24.4 Å². The standard InChI is InChI=1S/C14H18N2O6/c1-10(2)7-15(8-14(18)19)13(17)9-22-12-6-4-3-5-11(12)16(20)21/h3-6,10H,7-9H2,1-2H3,(H,18,19). The molecule has 8 heteroatoms. The highest BCUT2D eigenvalue weighted by Crippen LogP contribution is 2.25. The van der Waals surface area contributed by atoms with E-state index in [1.165, 1.54) is 18.2 Å². The highest BCUT2D eigenvalue weighted by Gasteiger charge is 2.20. The Morgan fingerprint density at radius 3 is 2.55 bits per heavy atom. The van der Waals surface area contributed by atoms with Gasteiger partial charge in [-0.05, 0) is 12.0 Å². The second kappa shape index (κ2) is 7.96. The SMILES string of the molecule is CC(C)CN(CC(=O)O)C(=O)COc1ccccc1[N+](=O)[O-]. The van der Waals surface area contributed by atoms with Crippen molar-refractivity contribution in [2.45, 2.75) is 13.8 Å². The molecule has 0 spiro atoms. The Balaban J connectivity index is 2.74. The third kappa shape index (κ3) is 5.39. The van der Waals surface area contributed by atoms with Gasteiger partial charge in [0.05, 0.1) is 4.92 Å². The van der Waals surface area contributed by atoms with E-state index in [1.54, 1.807) is 6.07 Å². The number of ether oxygens (including phenoxy) is 1. The zero-order chi connectivity index (χ0) is 16.7. The summed E-state index contributed by atoms with van der Waals surface area (Å²) in [6.07, 6.45) is 0. The van der Waals surface area contributed by atoms with Crippen molar-refractivity contribution in [3.63, 3.8) is 0 Å². The van der Waals surface area contributed by atoms with Crippen LogP contribution in [0, 0.1) is 16.0 Å². The van der Waals surface area contributed by atoms with Crippen LogP contribution >= 0.6 is 0 Å². The number of para-hydroxylation sites is 2. The lowest BCUT2D eigenvalue weighted by atomic mass is 10.2. The van der Waals surface area contributed by atoms with Crippen LogP contribution in [0.1, 0.15) is 13.8 Å². The fourth-order valence-electron chi connectivity index (χ4n) is 1.82. The first-order chi connectivity index (χ1) is 10.3. The number of nitro groups is 1. The Bertz CT molecular complexity index is 558. The first kappa shape index (κ1) is 17.4. The lowest BCUT2D eigenvalue weighted by molar-refractivity contribution is -0.385. The zero-order valence-corrected chi connectivity index (χ0v) is 12.4. The third-order valence-electron chi connectivity index (χ3n) is 2.68. The van der Waals surface area contributed by atoms with Crippen molar-refractivity contribution in [3.8, 4) is 5.75 Å². The molecule has 0 aromatic heterocycles. The molecule has 1 N–H and O–H groups in total. The predicted molar refractivity (Wildman–Crippen MR) is 77.6 cm³/mol. The quantitative estimate of drug-likeness (QED) is 0.576. The average molecular weight is 310 g/mol. The van der Waals surface area contributed by atoms with Crippen LogP contribution in [0.3, 0.4) is 0 Å². The van der Waals surface area contributed by atoms with Crippen molar-refractivity contribution in [2.75, 3.05) is 19.7 Å². The molecule has 0 aliphatic heterocycles. The molecule has 8 nitrogen and oxygen atoms in total. The van der Waals surface area contributed by atoms with Gasteiger partial charge in [0.25, 0.3) is 5.91 Å². The number of rotatable bonds is 8.